The van der Waals surface area contributed by atoms with Gasteiger partial charge in [0.25, 0.3) is 0 Å². The van der Waals surface area contributed by atoms with E-state index in [9.17, 15) is 45.6 Å². The van der Waals surface area contributed by atoms with Crippen LogP contribution in [0.2, 0.25) is 0 Å². The average molecular weight is 1350 g/mol. The zero-order valence-electron chi connectivity index (χ0n) is 59.7. The van der Waals surface area contributed by atoms with Crippen LogP contribution in [0.3, 0.4) is 0 Å². The molecule has 14 heteroatoms. The molecule has 2 fully saturated rings. The summed E-state index contributed by atoms with van der Waals surface area (Å²) >= 11 is 0. The van der Waals surface area contributed by atoms with Crippen molar-refractivity contribution >= 4 is 5.91 Å². The van der Waals surface area contributed by atoms with E-state index in [-0.39, 0.29) is 18.9 Å². The molecule has 0 spiro atoms. The molecule has 12 unspecified atom stereocenters. The highest BCUT2D eigenvalue weighted by atomic mass is 16.7. The lowest BCUT2D eigenvalue weighted by Crippen LogP contribution is -2.65. The molecule has 2 aliphatic heterocycles. The number of carbonyl (C=O) groups excluding carboxylic acids is 1. The van der Waals surface area contributed by atoms with Gasteiger partial charge in [-0.05, 0) is 135 Å². The number of hydrogen-bond acceptors (Lipinski definition) is 13. The first-order valence-corrected chi connectivity index (χ1v) is 37.5. The number of aliphatic hydroxyl groups excluding tert-OH is 8. The second-order valence-electron chi connectivity index (χ2n) is 25.3. The number of unbranched alkanes of at least 4 members (excludes halogenated alkanes) is 18. The summed E-state index contributed by atoms with van der Waals surface area (Å²) in [6.07, 6.45) is 85.2. The zero-order valence-corrected chi connectivity index (χ0v) is 59.7. The van der Waals surface area contributed by atoms with E-state index in [0.29, 0.717) is 12.8 Å². The Bertz CT molecular complexity index is 2340. The molecular formula is C83H133NO13. The Kier molecular flexibility index (Phi) is 58.6. The highest BCUT2D eigenvalue weighted by Gasteiger charge is 2.51. The maximum atomic E-state index is 13.3. The third kappa shape index (κ3) is 47.7. The van der Waals surface area contributed by atoms with Gasteiger partial charge in [0.2, 0.25) is 5.91 Å². The van der Waals surface area contributed by atoms with Crippen LogP contribution in [0, 0.1) is 0 Å². The van der Waals surface area contributed by atoms with Crippen LogP contribution in [0.25, 0.3) is 0 Å². The summed E-state index contributed by atoms with van der Waals surface area (Å²) in [6, 6.07) is -0.977. The van der Waals surface area contributed by atoms with Crippen molar-refractivity contribution in [3.63, 3.8) is 0 Å². The van der Waals surface area contributed by atoms with Crippen LogP contribution in [0.5, 0.6) is 0 Å². The Morgan fingerprint density at radius 1 is 0.381 bits per heavy atom. The highest BCUT2D eigenvalue weighted by Crippen LogP contribution is 2.30. The van der Waals surface area contributed by atoms with Gasteiger partial charge in [0.15, 0.2) is 12.6 Å². The van der Waals surface area contributed by atoms with Crippen molar-refractivity contribution in [1.29, 1.82) is 0 Å². The molecule has 2 rings (SSSR count). The fourth-order valence-corrected chi connectivity index (χ4v) is 10.9. The van der Waals surface area contributed by atoms with Gasteiger partial charge in [0.1, 0.15) is 48.8 Å². The molecule has 0 aromatic carbocycles. The van der Waals surface area contributed by atoms with Gasteiger partial charge in [-0.3, -0.25) is 4.79 Å². The van der Waals surface area contributed by atoms with Crippen LogP contribution in [0.1, 0.15) is 239 Å². The molecule has 1 amide bonds. The standard InChI is InChI=1S/C83H133NO13/c1-3-5-7-9-11-13-15-17-19-21-23-25-27-29-30-31-32-33-34-35-36-37-38-39-40-41-42-43-45-47-49-51-53-55-57-59-61-63-65-67-75(88)84-71(70-94-82-80(93)78(91)81(74(69-86)96-82)97-83-79(92)77(90)76(89)73(68-85)95-83)72(87)66-64-62-60-58-56-54-52-50-48-46-44-28-26-24-22-20-18-16-14-12-10-8-6-4-2/h5,7,11,13,17,19,23,25,29-30,32-33,35-36,38-39,41-42,45,47-48,50-51,53,56-59,64,66,71-74,76-83,85-87,89-93H,3-4,6,8-10,12,14-16,18,20-22,24,26-28,31,34,37,40,43-44,46,49,52,54-55,60-63,65,67-70H2,1-2H3,(H,84,88)/b7-5-,13-11-,19-17-,25-23-,30-29-,33-32-,36-35-,39-38-,42-41-,47-45-,50-48+,53-51-,58-56+,59-57-,66-64+. The summed E-state index contributed by atoms with van der Waals surface area (Å²) in [6.45, 7) is 2.63. The van der Waals surface area contributed by atoms with Crippen molar-refractivity contribution in [3.8, 4) is 0 Å². The summed E-state index contributed by atoms with van der Waals surface area (Å²) < 4.78 is 22.8. The molecule has 0 aliphatic carbocycles. The van der Waals surface area contributed by atoms with Gasteiger partial charge < -0.3 is 65.1 Å². The van der Waals surface area contributed by atoms with E-state index in [1.807, 2.05) is 6.08 Å². The predicted octanol–water partition coefficient (Wildman–Crippen LogP) is 16.5. The van der Waals surface area contributed by atoms with Crippen LogP contribution >= 0.6 is 0 Å². The SMILES string of the molecule is CC/C=C\C/C=C\C/C=C\C/C=C\C/C=C\C/C=C\C/C=C\C/C=C\C/C=C\C/C=C\C/C=C\C/C=C\CCCCC(=O)NC(COC1OC(CO)C(OC2OC(CO)C(O)C(O)C2O)C(O)C1O)C(O)/C=C/CC/C=C/CC/C=C/CCCCCCCCCCCCCCCC. The second-order valence-corrected chi connectivity index (χ2v) is 25.3. The second kappa shape index (κ2) is 64.5. The summed E-state index contributed by atoms with van der Waals surface area (Å²) in [5, 5.41) is 87.4. The largest absolute Gasteiger partial charge is 0.394 e. The first-order valence-electron chi connectivity index (χ1n) is 37.5. The minimum Gasteiger partial charge on any atom is -0.394 e. The smallest absolute Gasteiger partial charge is 0.220 e. The number of allylic oxidation sites excluding steroid dienone is 29. The fraction of sp³-hybridized carbons (Fsp3) is 0.627. The van der Waals surface area contributed by atoms with Crippen molar-refractivity contribution in [3.05, 3.63) is 182 Å². The summed E-state index contributed by atoms with van der Waals surface area (Å²) in [4.78, 5) is 13.3. The third-order valence-corrected chi connectivity index (χ3v) is 16.8. The molecule has 0 saturated carbocycles. The van der Waals surface area contributed by atoms with Crippen LogP contribution in [-0.4, -0.2) is 140 Å². The minimum atomic E-state index is -1.81. The van der Waals surface area contributed by atoms with Crippen LogP contribution in [0.15, 0.2) is 182 Å². The zero-order chi connectivity index (χ0) is 70.1. The molecule has 12 atom stereocenters. The quantitative estimate of drug-likeness (QED) is 0.0204. The lowest BCUT2D eigenvalue weighted by Gasteiger charge is -2.46. The van der Waals surface area contributed by atoms with Crippen molar-refractivity contribution in [2.24, 2.45) is 0 Å². The number of ether oxygens (including phenoxy) is 4. The highest BCUT2D eigenvalue weighted by molar-refractivity contribution is 5.76. The molecule has 97 heavy (non-hydrogen) atoms. The Morgan fingerprint density at radius 2 is 0.722 bits per heavy atom. The van der Waals surface area contributed by atoms with Crippen LogP contribution in [0.4, 0.5) is 0 Å². The Balaban J connectivity index is 1.71. The lowest BCUT2D eigenvalue weighted by molar-refractivity contribution is -0.359. The minimum absolute atomic E-state index is 0.202. The van der Waals surface area contributed by atoms with E-state index in [2.05, 4.69) is 189 Å². The normalized spacial score (nSPS) is 23.2. The molecule has 0 radical (unpaired) electrons. The molecule has 2 aliphatic rings. The van der Waals surface area contributed by atoms with Gasteiger partial charge in [-0.2, -0.15) is 0 Å². The fourth-order valence-electron chi connectivity index (χ4n) is 10.9. The monoisotopic (exact) mass is 1350 g/mol. The Labute approximate surface area is 587 Å². The Morgan fingerprint density at radius 3 is 1.13 bits per heavy atom. The van der Waals surface area contributed by atoms with Gasteiger partial charge in [0, 0.05) is 6.42 Å². The number of carbonyl (C=O) groups is 1. The molecular weight excluding hydrogens is 1220 g/mol. The molecule has 14 nitrogen and oxygen atoms in total. The number of amides is 1. The molecule has 0 aromatic rings. The van der Waals surface area contributed by atoms with Crippen molar-refractivity contribution in [2.45, 2.75) is 312 Å². The van der Waals surface area contributed by atoms with Gasteiger partial charge in [-0.25, -0.2) is 0 Å². The Hall–Kier alpha value is -4.91. The van der Waals surface area contributed by atoms with E-state index < -0.39 is 86.8 Å². The average Bonchev–Trinajstić information content (AvgIpc) is 0.794. The van der Waals surface area contributed by atoms with Gasteiger partial charge in [-0.15, -0.1) is 0 Å². The molecule has 9 N–H and O–H groups in total. The van der Waals surface area contributed by atoms with Crippen LogP contribution < -0.4 is 5.32 Å². The van der Waals surface area contributed by atoms with E-state index in [4.69, 9.17) is 18.9 Å². The van der Waals surface area contributed by atoms with Gasteiger partial charge >= 0.3 is 0 Å². The summed E-state index contributed by atoms with van der Waals surface area (Å²) in [5.74, 6) is -0.302. The predicted molar refractivity (Wildman–Crippen MR) is 400 cm³/mol. The molecule has 0 aromatic heterocycles. The van der Waals surface area contributed by atoms with Crippen molar-refractivity contribution < 1.29 is 64.6 Å². The molecule has 0 bridgehead atoms. The summed E-state index contributed by atoms with van der Waals surface area (Å²) in [5.41, 5.74) is 0. The summed E-state index contributed by atoms with van der Waals surface area (Å²) in [7, 11) is 0. The van der Waals surface area contributed by atoms with Crippen molar-refractivity contribution in [1.82, 2.24) is 5.32 Å². The van der Waals surface area contributed by atoms with Crippen molar-refractivity contribution in [2.75, 3.05) is 19.8 Å². The van der Waals surface area contributed by atoms with Gasteiger partial charge in [-0.1, -0.05) is 280 Å². The van der Waals surface area contributed by atoms with E-state index >= 15 is 0 Å². The van der Waals surface area contributed by atoms with E-state index in [1.165, 1.54) is 89.9 Å². The van der Waals surface area contributed by atoms with E-state index in [0.717, 1.165) is 116 Å². The topological polar surface area (TPSA) is 228 Å². The molecule has 548 valence electrons. The number of hydrogen-bond donors (Lipinski definition) is 9. The lowest BCUT2D eigenvalue weighted by atomic mass is 9.97. The molecule has 2 saturated heterocycles. The third-order valence-electron chi connectivity index (χ3n) is 16.8. The maximum Gasteiger partial charge on any atom is 0.220 e. The van der Waals surface area contributed by atoms with E-state index in [1.54, 1.807) is 6.08 Å². The first-order chi connectivity index (χ1) is 47.6. The van der Waals surface area contributed by atoms with Crippen LogP contribution in [-0.2, 0) is 23.7 Å². The molecule has 2 heterocycles. The maximum absolute atomic E-state index is 13.3. The first kappa shape index (κ1) is 88.2. The number of nitrogens with one attached hydrogen (secondary N) is 1. The number of rotatable bonds is 59. The van der Waals surface area contributed by atoms with Gasteiger partial charge in [0.05, 0.1) is 32.0 Å². The number of aliphatic hydroxyl groups is 8.